The summed E-state index contributed by atoms with van der Waals surface area (Å²) in [7, 11) is 0. The second-order valence-corrected chi connectivity index (χ2v) is 7.68. The largest absolute Gasteiger partial charge is 0.473 e. The van der Waals surface area contributed by atoms with Crippen LogP contribution in [0.4, 0.5) is 8.78 Å². The van der Waals surface area contributed by atoms with Crippen LogP contribution in [0.3, 0.4) is 0 Å². The van der Waals surface area contributed by atoms with Crippen molar-refractivity contribution < 1.29 is 28.2 Å². The average Bonchev–Trinajstić information content (AvgIpc) is 3.07. The van der Waals surface area contributed by atoms with Crippen LogP contribution in [0.2, 0.25) is 0 Å². The van der Waals surface area contributed by atoms with Crippen LogP contribution in [0.25, 0.3) is 0 Å². The van der Waals surface area contributed by atoms with Gasteiger partial charge >= 0.3 is 0 Å². The van der Waals surface area contributed by atoms with E-state index in [1.807, 2.05) is 0 Å². The number of nitrogens with one attached hydrogen (secondary N) is 1. The van der Waals surface area contributed by atoms with Crippen LogP contribution in [0, 0.1) is 0 Å². The molecule has 0 radical (unpaired) electrons. The van der Waals surface area contributed by atoms with E-state index in [1.165, 1.54) is 23.2 Å². The monoisotopic (exact) mass is 453 g/mol. The van der Waals surface area contributed by atoms with Gasteiger partial charge in [-0.05, 0) is 32.4 Å². The van der Waals surface area contributed by atoms with Gasteiger partial charge in [0.15, 0.2) is 12.5 Å². The van der Waals surface area contributed by atoms with Crippen LogP contribution in [-0.2, 0) is 11.3 Å². The van der Waals surface area contributed by atoms with E-state index in [4.69, 9.17) is 21.3 Å². The molecule has 2 amide bonds. The summed E-state index contributed by atoms with van der Waals surface area (Å²) in [4.78, 5) is 30.9. The summed E-state index contributed by atoms with van der Waals surface area (Å²) < 4.78 is 30.8. The minimum absolute atomic E-state index is 0.0553. The maximum atomic E-state index is 13.0. The molecule has 2 heterocycles. The highest BCUT2D eigenvalue weighted by Gasteiger charge is 2.35. The second kappa shape index (κ2) is 10.4. The van der Waals surface area contributed by atoms with Crippen molar-refractivity contribution in [1.29, 1.82) is 0 Å². The molecule has 9 nitrogen and oxygen atoms in total. The van der Waals surface area contributed by atoms with Crippen molar-refractivity contribution in [2.75, 3.05) is 19.8 Å². The number of allylic oxidation sites excluding steroid dienone is 2. The fourth-order valence-electron chi connectivity index (χ4n) is 3.06. The lowest BCUT2D eigenvalue weighted by Crippen LogP contribution is -2.37. The third-order valence-corrected chi connectivity index (χ3v) is 4.91. The topological polar surface area (TPSA) is 144 Å². The molecule has 0 saturated heterocycles. The van der Waals surface area contributed by atoms with Gasteiger partial charge < -0.3 is 31.5 Å². The number of aliphatic hydroxyl groups is 1. The molecule has 0 fully saturated rings. The Bertz CT molecular complexity index is 927. The summed E-state index contributed by atoms with van der Waals surface area (Å²) in [6.45, 7) is 3.46. The van der Waals surface area contributed by atoms with Crippen LogP contribution in [0.15, 0.2) is 35.5 Å². The van der Waals surface area contributed by atoms with E-state index in [1.54, 1.807) is 13.8 Å². The third kappa shape index (κ3) is 6.16. The summed E-state index contributed by atoms with van der Waals surface area (Å²) in [5.41, 5.74) is 13.4. The number of aliphatic hydroxyl groups excluding tert-OH is 1. The first kappa shape index (κ1) is 25.1. The predicted octanol–water partition coefficient (Wildman–Crippen LogP) is 1.24. The molecule has 1 aliphatic rings. The number of fused-ring (bicyclic) bond motifs is 1. The van der Waals surface area contributed by atoms with Gasteiger partial charge in [0.1, 0.15) is 5.69 Å². The lowest BCUT2D eigenvalue weighted by Gasteiger charge is -2.25. The number of nitrogens with two attached hydrogens (primary N) is 2. The maximum Gasteiger partial charge on any atom is 0.278 e. The van der Waals surface area contributed by atoms with Gasteiger partial charge in [-0.25, -0.2) is 8.78 Å². The van der Waals surface area contributed by atoms with Crippen LogP contribution in [0.5, 0.6) is 0 Å². The molecule has 1 atom stereocenters. The molecule has 6 N–H and O–H groups in total. The van der Waals surface area contributed by atoms with E-state index in [2.05, 4.69) is 10.3 Å². The van der Waals surface area contributed by atoms with E-state index in [0.29, 0.717) is 30.0 Å². The first-order chi connectivity index (χ1) is 15.0. The van der Waals surface area contributed by atoms with Crippen molar-refractivity contribution in [3.05, 3.63) is 52.3 Å². The molecule has 11 heteroatoms. The molecular weight excluding hydrogens is 424 g/mol. The van der Waals surface area contributed by atoms with Gasteiger partial charge in [0.05, 0.1) is 6.04 Å². The maximum absolute atomic E-state index is 13.0. The summed E-state index contributed by atoms with van der Waals surface area (Å²) >= 11 is 0. The molecule has 0 bridgehead atoms. The molecule has 0 aromatic carbocycles. The average molecular weight is 453 g/mol. The number of carbonyl (C=O) groups excluding carboxylic acids is 2. The van der Waals surface area contributed by atoms with Crippen LogP contribution >= 0.6 is 0 Å². The molecule has 0 spiro atoms. The number of carbonyl (C=O) groups is 2. The fourth-order valence-corrected chi connectivity index (χ4v) is 3.06. The van der Waals surface area contributed by atoms with E-state index in [9.17, 15) is 18.4 Å². The quantitative estimate of drug-likeness (QED) is 0.237. The normalized spacial score (nSPS) is 15.9. The third-order valence-electron chi connectivity index (χ3n) is 4.91. The first-order valence-electron chi connectivity index (χ1n) is 10.1. The van der Waals surface area contributed by atoms with Crippen LogP contribution in [-0.4, -0.2) is 58.5 Å². The fraction of sp³-hybridized carbons (Fsp3) is 0.476. The number of rotatable bonds is 10. The Morgan fingerprint density at radius 2 is 2.16 bits per heavy atom. The Labute approximate surface area is 185 Å². The Morgan fingerprint density at radius 3 is 2.78 bits per heavy atom. The SMILES string of the molecule is CC(/C=C(\N)C(C)N1Cc2c(ccnc2C(=O)NCCCO)C1=O)=C(/N)OCC(C)(F)F. The van der Waals surface area contributed by atoms with Gasteiger partial charge in [-0.2, -0.15) is 0 Å². The smallest absolute Gasteiger partial charge is 0.278 e. The zero-order chi connectivity index (χ0) is 24.1. The number of hydrogen-bond acceptors (Lipinski definition) is 7. The lowest BCUT2D eigenvalue weighted by molar-refractivity contribution is -0.0446. The number of alkyl halides is 2. The minimum atomic E-state index is -3.03. The van der Waals surface area contributed by atoms with Crippen LogP contribution < -0.4 is 16.8 Å². The molecule has 1 aliphatic heterocycles. The number of ether oxygens (including phenoxy) is 1. The molecule has 0 aliphatic carbocycles. The molecule has 1 unspecified atom stereocenters. The number of pyridine rings is 1. The number of hydrogen-bond donors (Lipinski definition) is 4. The highest BCUT2D eigenvalue weighted by atomic mass is 19.3. The second-order valence-electron chi connectivity index (χ2n) is 7.68. The predicted molar refractivity (Wildman–Crippen MR) is 113 cm³/mol. The zero-order valence-corrected chi connectivity index (χ0v) is 18.3. The van der Waals surface area contributed by atoms with Crippen molar-refractivity contribution in [3.63, 3.8) is 0 Å². The summed E-state index contributed by atoms with van der Waals surface area (Å²) in [5.74, 6) is -3.97. The number of halogens is 2. The van der Waals surface area contributed by atoms with Gasteiger partial charge in [-0.15, -0.1) is 0 Å². The number of nitrogens with zero attached hydrogens (tertiary/aromatic N) is 2. The molecule has 32 heavy (non-hydrogen) atoms. The standard InChI is InChI=1S/C21H29F2N5O4/c1-12(18(25)32-11-21(3,22)23)9-16(24)13(2)28-10-15-14(20(28)31)5-7-26-17(15)19(30)27-6-4-8-29/h5,7,9,13,29H,4,6,8,10-11,24-25H2,1-3H3,(H,27,30)/b16-9-,18-12+. The van der Waals surface area contributed by atoms with Gasteiger partial charge in [-0.1, -0.05) is 0 Å². The molecule has 0 saturated carbocycles. The summed E-state index contributed by atoms with van der Waals surface area (Å²) in [6, 6.07) is 0.965. The molecule has 2 rings (SSSR count). The molecule has 176 valence electrons. The lowest BCUT2D eigenvalue weighted by atomic mass is 10.1. The Kier molecular flexibility index (Phi) is 8.14. The first-order valence-corrected chi connectivity index (χ1v) is 10.1. The van der Waals surface area contributed by atoms with E-state index in [-0.39, 0.29) is 42.9 Å². The molecule has 1 aromatic rings. The highest BCUT2D eigenvalue weighted by molar-refractivity contribution is 6.03. The van der Waals surface area contributed by atoms with Crippen molar-refractivity contribution in [2.45, 2.75) is 45.7 Å². The molecule has 1 aromatic heterocycles. The van der Waals surface area contributed by atoms with E-state index >= 15 is 0 Å². The zero-order valence-electron chi connectivity index (χ0n) is 18.3. The van der Waals surface area contributed by atoms with Crippen molar-refractivity contribution in [2.24, 2.45) is 11.5 Å². The molecular formula is C21H29F2N5O4. The van der Waals surface area contributed by atoms with Gasteiger partial charge in [0.25, 0.3) is 17.7 Å². The highest BCUT2D eigenvalue weighted by Crippen LogP contribution is 2.28. The van der Waals surface area contributed by atoms with E-state index < -0.39 is 24.5 Å². The van der Waals surface area contributed by atoms with Crippen molar-refractivity contribution >= 4 is 11.8 Å². The Hall–Kier alpha value is -3.21. The number of amides is 2. The minimum Gasteiger partial charge on any atom is -0.473 e. The Balaban J connectivity index is 2.18. The summed E-state index contributed by atoms with van der Waals surface area (Å²) in [5, 5.41) is 11.5. The van der Waals surface area contributed by atoms with Gasteiger partial charge in [-0.3, -0.25) is 14.6 Å². The van der Waals surface area contributed by atoms with Crippen LogP contribution in [0.1, 0.15) is 53.6 Å². The van der Waals surface area contributed by atoms with Crippen molar-refractivity contribution in [1.82, 2.24) is 15.2 Å². The van der Waals surface area contributed by atoms with Gasteiger partial charge in [0.2, 0.25) is 0 Å². The van der Waals surface area contributed by atoms with Crippen molar-refractivity contribution in [3.8, 4) is 0 Å². The number of aromatic nitrogens is 1. The Morgan fingerprint density at radius 1 is 1.47 bits per heavy atom. The summed E-state index contributed by atoms with van der Waals surface area (Å²) in [6.07, 6.45) is 3.25. The van der Waals surface area contributed by atoms with Gasteiger partial charge in [0, 0.05) is 55.2 Å². The van der Waals surface area contributed by atoms with E-state index in [0.717, 1.165) is 0 Å².